The molecule has 1 amide bonds. The summed E-state index contributed by atoms with van der Waals surface area (Å²) in [4.78, 5) is 13.6. The highest BCUT2D eigenvalue weighted by atomic mass is 35.5. The Hall–Kier alpha value is -1.06. The molecule has 1 aliphatic rings. The first-order valence-corrected chi connectivity index (χ1v) is 6.95. The number of likely N-dealkylation sites (tertiary alicyclic amines) is 1. The van der Waals surface area contributed by atoms with Crippen LogP contribution in [-0.4, -0.2) is 32.1 Å². The van der Waals surface area contributed by atoms with Crippen LogP contribution in [0.5, 0.6) is 0 Å². The van der Waals surface area contributed by atoms with Gasteiger partial charge in [0.25, 0.3) is 5.91 Å². The number of quaternary nitrogens is 1. The van der Waals surface area contributed by atoms with Crippen molar-refractivity contribution in [2.45, 2.75) is 26.2 Å². The van der Waals surface area contributed by atoms with E-state index in [2.05, 4.69) is 5.32 Å². The molecule has 3 nitrogen and oxygen atoms in total. The highest BCUT2D eigenvalue weighted by Gasteiger charge is 2.13. The van der Waals surface area contributed by atoms with Gasteiger partial charge >= 0.3 is 0 Å². The van der Waals surface area contributed by atoms with Gasteiger partial charge in [-0.1, -0.05) is 18.2 Å². The summed E-state index contributed by atoms with van der Waals surface area (Å²) in [5.74, 6) is 0.0597. The second kappa shape index (κ2) is 8.18. The molecule has 106 valence electrons. The lowest BCUT2D eigenvalue weighted by Crippen LogP contribution is -3.13. The van der Waals surface area contributed by atoms with Gasteiger partial charge in [0.1, 0.15) is 0 Å². The molecule has 0 bridgehead atoms. The van der Waals surface area contributed by atoms with E-state index in [1.165, 1.54) is 32.4 Å². The number of carbonyl (C=O) groups is 1. The van der Waals surface area contributed by atoms with Gasteiger partial charge in [0.15, 0.2) is 0 Å². The van der Waals surface area contributed by atoms with Crippen LogP contribution in [0.2, 0.25) is 0 Å². The van der Waals surface area contributed by atoms with E-state index in [9.17, 15) is 4.79 Å². The average Bonchev–Trinajstić information content (AvgIpc) is 2.40. The van der Waals surface area contributed by atoms with Crippen LogP contribution < -0.4 is 22.6 Å². The lowest BCUT2D eigenvalue weighted by atomic mass is 10.1. The molecule has 0 saturated carbocycles. The van der Waals surface area contributed by atoms with Crippen LogP contribution in [-0.2, 0) is 0 Å². The number of rotatable bonds is 4. The maximum Gasteiger partial charge on any atom is 0.251 e. The Balaban J connectivity index is 0.00000180. The van der Waals surface area contributed by atoms with Crippen molar-refractivity contribution in [3.05, 3.63) is 35.4 Å². The van der Waals surface area contributed by atoms with E-state index in [1.54, 1.807) is 4.90 Å². The summed E-state index contributed by atoms with van der Waals surface area (Å²) >= 11 is 0. The summed E-state index contributed by atoms with van der Waals surface area (Å²) in [6, 6.07) is 7.74. The Morgan fingerprint density at radius 2 is 1.89 bits per heavy atom. The Labute approximate surface area is 121 Å². The van der Waals surface area contributed by atoms with Crippen molar-refractivity contribution in [3.63, 3.8) is 0 Å². The van der Waals surface area contributed by atoms with Crippen LogP contribution in [0.3, 0.4) is 0 Å². The highest BCUT2D eigenvalue weighted by Crippen LogP contribution is 2.05. The minimum Gasteiger partial charge on any atom is -1.00 e. The normalized spacial score (nSPS) is 15.6. The minimum atomic E-state index is 0. The lowest BCUT2D eigenvalue weighted by molar-refractivity contribution is -0.903. The van der Waals surface area contributed by atoms with Crippen LogP contribution in [0.1, 0.15) is 35.2 Å². The molecule has 2 N–H and O–H groups in total. The lowest BCUT2D eigenvalue weighted by Gasteiger charge is -2.23. The van der Waals surface area contributed by atoms with Crippen LogP contribution in [0.25, 0.3) is 0 Å². The number of nitrogens with one attached hydrogen (secondary N) is 2. The third kappa shape index (κ3) is 4.84. The first-order chi connectivity index (χ1) is 8.77. The molecule has 4 heteroatoms. The molecule has 1 aliphatic heterocycles. The second-order valence-electron chi connectivity index (χ2n) is 5.13. The van der Waals surface area contributed by atoms with Crippen LogP contribution in [0, 0.1) is 6.92 Å². The van der Waals surface area contributed by atoms with E-state index >= 15 is 0 Å². The van der Waals surface area contributed by atoms with Crippen molar-refractivity contribution in [1.82, 2.24) is 5.32 Å². The molecular formula is C15H23ClN2O. The molecule has 0 aliphatic carbocycles. The number of hydrogen-bond donors (Lipinski definition) is 2. The monoisotopic (exact) mass is 282 g/mol. The fourth-order valence-electron chi connectivity index (χ4n) is 2.58. The molecule has 0 unspecified atom stereocenters. The Morgan fingerprint density at radius 1 is 1.21 bits per heavy atom. The molecule has 1 saturated heterocycles. The average molecular weight is 283 g/mol. The van der Waals surface area contributed by atoms with Crippen LogP contribution in [0.4, 0.5) is 0 Å². The number of amides is 1. The Morgan fingerprint density at radius 3 is 2.58 bits per heavy atom. The number of aryl methyl sites for hydroxylation is 1. The van der Waals surface area contributed by atoms with Gasteiger partial charge < -0.3 is 22.6 Å². The van der Waals surface area contributed by atoms with Crippen molar-refractivity contribution in [2.75, 3.05) is 26.2 Å². The first kappa shape index (κ1) is 16.0. The molecule has 0 aromatic heterocycles. The number of halogens is 1. The van der Waals surface area contributed by atoms with Gasteiger partial charge in [-0.2, -0.15) is 0 Å². The molecule has 19 heavy (non-hydrogen) atoms. The van der Waals surface area contributed by atoms with Crippen molar-refractivity contribution in [1.29, 1.82) is 0 Å². The van der Waals surface area contributed by atoms with E-state index in [0.29, 0.717) is 0 Å². The summed E-state index contributed by atoms with van der Waals surface area (Å²) in [6.45, 7) is 6.34. The third-order valence-electron chi connectivity index (χ3n) is 3.71. The summed E-state index contributed by atoms with van der Waals surface area (Å²) in [7, 11) is 0. The fourth-order valence-corrected chi connectivity index (χ4v) is 2.58. The van der Waals surface area contributed by atoms with Gasteiger partial charge in [0, 0.05) is 5.56 Å². The van der Waals surface area contributed by atoms with E-state index < -0.39 is 0 Å². The summed E-state index contributed by atoms with van der Waals surface area (Å²) in [5.41, 5.74) is 1.84. The second-order valence-corrected chi connectivity index (χ2v) is 5.13. The SMILES string of the molecule is Cc1ccccc1C(=O)NCC[NH+]1CCCCC1.[Cl-]. The van der Waals surface area contributed by atoms with E-state index in [-0.39, 0.29) is 18.3 Å². The van der Waals surface area contributed by atoms with Crippen LogP contribution >= 0.6 is 0 Å². The van der Waals surface area contributed by atoms with Crippen molar-refractivity contribution in [3.8, 4) is 0 Å². The topological polar surface area (TPSA) is 33.5 Å². The maximum absolute atomic E-state index is 12.0. The first-order valence-electron chi connectivity index (χ1n) is 6.95. The number of hydrogen-bond acceptors (Lipinski definition) is 1. The Bertz CT molecular complexity index is 403. The van der Waals surface area contributed by atoms with Crippen LogP contribution in [0.15, 0.2) is 24.3 Å². The number of benzene rings is 1. The summed E-state index contributed by atoms with van der Waals surface area (Å²) in [5, 5.41) is 3.03. The zero-order valence-electron chi connectivity index (χ0n) is 11.5. The molecule has 2 rings (SSSR count). The van der Waals surface area contributed by atoms with Gasteiger partial charge in [-0.05, 0) is 37.8 Å². The van der Waals surface area contributed by atoms with Gasteiger partial charge in [0.05, 0.1) is 26.2 Å². The standard InChI is InChI=1S/C15H22N2O.ClH/c1-13-7-3-4-8-14(13)15(18)16-9-12-17-10-5-2-6-11-17;/h3-4,7-8H,2,5-6,9-12H2,1H3,(H,16,18);1H. The van der Waals surface area contributed by atoms with E-state index in [0.717, 1.165) is 24.2 Å². The molecular weight excluding hydrogens is 260 g/mol. The largest absolute Gasteiger partial charge is 1.00 e. The Kier molecular flexibility index (Phi) is 6.89. The molecule has 1 aromatic rings. The molecule has 1 heterocycles. The summed E-state index contributed by atoms with van der Waals surface area (Å²) in [6.07, 6.45) is 4.04. The third-order valence-corrected chi connectivity index (χ3v) is 3.71. The quantitative estimate of drug-likeness (QED) is 0.646. The number of carbonyl (C=O) groups excluding carboxylic acids is 1. The predicted molar refractivity (Wildman–Crippen MR) is 72.9 cm³/mol. The molecule has 0 radical (unpaired) electrons. The van der Waals surface area contributed by atoms with Gasteiger partial charge in [-0.15, -0.1) is 0 Å². The van der Waals surface area contributed by atoms with Gasteiger partial charge in [-0.3, -0.25) is 4.79 Å². The van der Waals surface area contributed by atoms with Crippen molar-refractivity contribution < 1.29 is 22.1 Å². The van der Waals surface area contributed by atoms with Crippen molar-refractivity contribution in [2.24, 2.45) is 0 Å². The molecule has 0 atom stereocenters. The summed E-state index contributed by atoms with van der Waals surface area (Å²) < 4.78 is 0. The van der Waals surface area contributed by atoms with Gasteiger partial charge in [0.2, 0.25) is 0 Å². The highest BCUT2D eigenvalue weighted by molar-refractivity contribution is 5.95. The number of piperidine rings is 1. The molecule has 0 spiro atoms. The smallest absolute Gasteiger partial charge is 0.251 e. The minimum absolute atomic E-state index is 0. The molecule has 1 fully saturated rings. The molecule has 1 aromatic carbocycles. The zero-order chi connectivity index (χ0) is 12.8. The maximum atomic E-state index is 12.0. The van der Waals surface area contributed by atoms with Gasteiger partial charge in [-0.25, -0.2) is 0 Å². The van der Waals surface area contributed by atoms with Crippen molar-refractivity contribution >= 4 is 5.91 Å². The predicted octanol–water partition coefficient (Wildman–Crippen LogP) is -2.20. The zero-order valence-corrected chi connectivity index (χ0v) is 12.3. The van der Waals surface area contributed by atoms with E-state index in [1.807, 2.05) is 31.2 Å². The van der Waals surface area contributed by atoms with E-state index in [4.69, 9.17) is 0 Å². The fraction of sp³-hybridized carbons (Fsp3) is 0.533.